The van der Waals surface area contributed by atoms with Gasteiger partial charge in [0.15, 0.2) is 17.0 Å². The second-order valence-electron chi connectivity index (χ2n) is 8.71. The van der Waals surface area contributed by atoms with Gasteiger partial charge in [0.05, 0.1) is 18.0 Å². The fourth-order valence-corrected chi connectivity index (χ4v) is 4.09. The van der Waals surface area contributed by atoms with Crippen LogP contribution in [0.3, 0.4) is 0 Å². The monoisotopic (exact) mass is 443 g/mol. The average molecular weight is 443 g/mol. The van der Waals surface area contributed by atoms with Crippen molar-refractivity contribution in [2.45, 2.75) is 45.4 Å². The zero-order valence-electron chi connectivity index (χ0n) is 18.4. The number of aromatic amines is 1. The molecule has 1 aliphatic carbocycles. The molecule has 4 rings (SSSR count). The molecule has 0 aliphatic heterocycles. The Kier molecular flexibility index (Phi) is 6.91. The summed E-state index contributed by atoms with van der Waals surface area (Å²) in [6, 6.07) is 5.81. The van der Waals surface area contributed by atoms with Crippen molar-refractivity contribution in [3.8, 4) is 5.75 Å². The number of nitrogens with zero attached hydrogens (tertiary/aromatic N) is 1. The van der Waals surface area contributed by atoms with Gasteiger partial charge in [-0.25, -0.2) is 4.39 Å². The number of pyridine rings is 2. The van der Waals surface area contributed by atoms with Gasteiger partial charge in [-0.3, -0.25) is 14.6 Å². The third-order valence-electron chi connectivity index (χ3n) is 5.97. The number of amides is 1. The standard InChI is InChI=1S/C15H20F2O.C9H7N3O2/c1-15(2)8-6-10(7-9-15)11-4-5-12(16)13(17)14(11)18-3;10-9(14)8-7-5(1-3-12-8)11-4-2-6(7)13/h4-5,10H,6-9H2,1-3H3;1-4H,(H2,10,14)(H,11,13). The maximum Gasteiger partial charge on any atom is 0.268 e. The van der Waals surface area contributed by atoms with Crippen LogP contribution in [-0.4, -0.2) is 23.0 Å². The Morgan fingerprint density at radius 2 is 1.88 bits per heavy atom. The summed E-state index contributed by atoms with van der Waals surface area (Å²) in [6.07, 6.45) is 7.18. The molecule has 1 amide bonds. The van der Waals surface area contributed by atoms with E-state index in [-0.39, 0.29) is 28.2 Å². The number of fused-ring (bicyclic) bond motifs is 1. The number of H-pyrrole nitrogens is 1. The zero-order chi connectivity index (χ0) is 23.5. The summed E-state index contributed by atoms with van der Waals surface area (Å²) in [6.45, 7) is 4.51. The second-order valence-corrected chi connectivity index (χ2v) is 8.71. The molecule has 0 spiro atoms. The van der Waals surface area contributed by atoms with E-state index in [1.54, 1.807) is 12.1 Å². The largest absolute Gasteiger partial charge is 0.493 e. The van der Waals surface area contributed by atoms with E-state index in [1.165, 1.54) is 31.6 Å². The van der Waals surface area contributed by atoms with Gasteiger partial charge < -0.3 is 15.5 Å². The molecule has 3 N–H and O–H groups in total. The van der Waals surface area contributed by atoms with E-state index in [9.17, 15) is 18.4 Å². The topological polar surface area (TPSA) is 98.1 Å². The molecule has 170 valence electrons. The van der Waals surface area contributed by atoms with E-state index >= 15 is 0 Å². The number of aromatic nitrogens is 2. The number of methoxy groups -OCH3 is 1. The van der Waals surface area contributed by atoms with Crippen LogP contribution < -0.4 is 15.9 Å². The van der Waals surface area contributed by atoms with Crippen LogP contribution in [-0.2, 0) is 0 Å². The van der Waals surface area contributed by atoms with Crippen LogP contribution >= 0.6 is 0 Å². The number of ether oxygens (including phenoxy) is 1. The molecule has 3 aromatic rings. The summed E-state index contributed by atoms with van der Waals surface area (Å²) in [5, 5.41) is 0.238. The highest BCUT2D eigenvalue weighted by atomic mass is 19.2. The lowest BCUT2D eigenvalue weighted by Gasteiger charge is -2.35. The molecule has 0 atom stereocenters. The van der Waals surface area contributed by atoms with Crippen LogP contribution in [0.5, 0.6) is 5.75 Å². The summed E-state index contributed by atoms with van der Waals surface area (Å²) in [5.41, 5.74) is 6.57. The molecular formula is C24H27F2N3O3. The number of hydrogen-bond donors (Lipinski definition) is 2. The van der Waals surface area contributed by atoms with Crippen molar-refractivity contribution in [1.82, 2.24) is 9.97 Å². The van der Waals surface area contributed by atoms with Gasteiger partial charge in [0, 0.05) is 24.0 Å². The Morgan fingerprint density at radius 1 is 1.19 bits per heavy atom. The Balaban J connectivity index is 0.000000186. The number of primary amides is 1. The van der Waals surface area contributed by atoms with Gasteiger partial charge in [-0.05, 0) is 49.1 Å². The Labute approximate surface area is 184 Å². The Bertz CT molecular complexity index is 1180. The van der Waals surface area contributed by atoms with Gasteiger partial charge >= 0.3 is 0 Å². The van der Waals surface area contributed by atoms with Crippen LogP contribution in [0.1, 0.15) is 61.5 Å². The van der Waals surface area contributed by atoms with Crippen LogP contribution in [0, 0.1) is 17.0 Å². The van der Waals surface area contributed by atoms with Crippen molar-refractivity contribution in [2.75, 3.05) is 7.11 Å². The lowest BCUT2D eigenvalue weighted by molar-refractivity contribution is 0.0997. The van der Waals surface area contributed by atoms with Crippen molar-refractivity contribution < 1.29 is 18.3 Å². The number of halogens is 2. The van der Waals surface area contributed by atoms with Crippen molar-refractivity contribution >= 4 is 16.8 Å². The minimum Gasteiger partial charge on any atom is -0.493 e. The van der Waals surface area contributed by atoms with Gasteiger partial charge in [-0.2, -0.15) is 4.39 Å². The van der Waals surface area contributed by atoms with E-state index in [1.807, 2.05) is 0 Å². The first-order chi connectivity index (χ1) is 15.1. The first kappa shape index (κ1) is 23.4. The number of carbonyl (C=O) groups excluding carboxylic acids is 1. The average Bonchev–Trinajstić information content (AvgIpc) is 2.76. The first-order valence-electron chi connectivity index (χ1n) is 10.4. The number of hydrogen-bond acceptors (Lipinski definition) is 4. The molecule has 6 nitrogen and oxygen atoms in total. The Hall–Kier alpha value is -3.29. The molecule has 2 heterocycles. The number of carbonyl (C=O) groups is 1. The first-order valence-corrected chi connectivity index (χ1v) is 10.4. The fraction of sp³-hybridized carbons (Fsp3) is 0.375. The highest BCUT2D eigenvalue weighted by Gasteiger charge is 2.30. The molecule has 0 bridgehead atoms. The SMILES string of the molecule is COc1c(C2CCC(C)(C)CC2)ccc(F)c1F.NC(=O)c1nccc2[nH]ccc(=O)c12. The highest BCUT2D eigenvalue weighted by Crippen LogP contribution is 2.45. The molecular weight excluding hydrogens is 416 g/mol. The molecule has 32 heavy (non-hydrogen) atoms. The summed E-state index contributed by atoms with van der Waals surface area (Å²) in [5.74, 6) is -2.04. The molecule has 8 heteroatoms. The van der Waals surface area contributed by atoms with E-state index in [4.69, 9.17) is 10.5 Å². The predicted molar refractivity (Wildman–Crippen MR) is 119 cm³/mol. The number of nitrogens with one attached hydrogen (secondary N) is 1. The van der Waals surface area contributed by atoms with Crippen molar-refractivity contribution in [3.63, 3.8) is 0 Å². The number of benzene rings is 1. The summed E-state index contributed by atoms with van der Waals surface area (Å²) >= 11 is 0. The summed E-state index contributed by atoms with van der Waals surface area (Å²) in [4.78, 5) is 29.0. The second kappa shape index (κ2) is 9.46. The van der Waals surface area contributed by atoms with E-state index < -0.39 is 17.5 Å². The summed E-state index contributed by atoms with van der Waals surface area (Å²) < 4.78 is 31.9. The highest BCUT2D eigenvalue weighted by molar-refractivity contribution is 6.03. The lowest BCUT2D eigenvalue weighted by atomic mass is 9.71. The van der Waals surface area contributed by atoms with Crippen molar-refractivity contribution in [2.24, 2.45) is 11.1 Å². The number of rotatable bonds is 3. The third kappa shape index (κ3) is 4.95. The molecule has 1 aliphatic rings. The van der Waals surface area contributed by atoms with Crippen LogP contribution in [0.15, 0.2) is 41.5 Å². The van der Waals surface area contributed by atoms with Gasteiger partial charge in [-0.1, -0.05) is 19.9 Å². The maximum absolute atomic E-state index is 13.7. The molecule has 1 fully saturated rings. The predicted octanol–water partition coefficient (Wildman–Crippen LogP) is 4.68. The fourth-order valence-electron chi connectivity index (χ4n) is 4.09. The minimum atomic E-state index is -0.861. The maximum atomic E-state index is 13.7. The molecule has 0 saturated heterocycles. The van der Waals surface area contributed by atoms with Crippen molar-refractivity contribution in [3.05, 3.63) is 69.8 Å². The minimum absolute atomic E-state index is 0.00403. The summed E-state index contributed by atoms with van der Waals surface area (Å²) in [7, 11) is 1.40. The third-order valence-corrected chi connectivity index (χ3v) is 5.97. The molecule has 2 aromatic heterocycles. The van der Waals surface area contributed by atoms with Gasteiger partial charge in [0.1, 0.15) is 5.69 Å². The van der Waals surface area contributed by atoms with E-state index in [0.717, 1.165) is 31.2 Å². The van der Waals surface area contributed by atoms with Crippen LogP contribution in [0.2, 0.25) is 0 Å². The zero-order valence-corrected chi connectivity index (χ0v) is 18.4. The van der Waals surface area contributed by atoms with E-state index in [2.05, 4.69) is 23.8 Å². The van der Waals surface area contributed by atoms with Gasteiger partial charge in [-0.15, -0.1) is 0 Å². The Morgan fingerprint density at radius 3 is 2.50 bits per heavy atom. The molecule has 1 aromatic carbocycles. The molecule has 0 radical (unpaired) electrons. The van der Waals surface area contributed by atoms with E-state index in [0.29, 0.717) is 10.9 Å². The molecule has 0 unspecified atom stereocenters. The smallest absolute Gasteiger partial charge is 0.268 e. The van der Waals surface area contributed by atoms with Crippen LogP contribution in [0.25, 0.3) is 10.9 Å². The van der Waals surface area contributed by atoms with Gasteiger partial charge in [0.2, 0.25) is 5.82 Å². The van der Waals surface area contributed by atoms with Gasteiger partial charge in [0.25, 0.3) is 5.91 Å². The normalized spacial score (nSPS) is 15.7. The lowest BCUT2D eigenvalue weighted by Crippen LogP contribution is -2.20. The molecule has 1 saturated carbocycles. The quantitative estimate of drug-likeness (QED) is 0.614. The van der Waals surface area contributed by atoms with Crippen LogP contribution in [0.4, 0.5) is 8.78 Å². The number of nitrogens with two attached hydrogens (primary N) is 1. The van der Waals surface area contributed by atoms with Crippen molar-refractivity contribution in [1.29, 1.82) is 0 Å².